The highest BCUT2D eigenvalue weighted by molar-refractivity contribution is 5.96. The van der Waals surface area contributed by atoms with Gasteiger partial charge in [0.15, 0.2) is 12.2 Å². The number of nitrogens with one attached hydrogen (secondary N) is 1. The van der Waals surface area contributed by atoms with E-state index < -0.39 is 48.5 Å². The van der Waals surface area contributed by atoms with Gasteiger partial charge in [-0.15, -0.1) is 0 Å². The van der Waals surface area contributed by atoms with Gasteiger partial charge in [-0.3, -0.25) is 24.6 Å². The summed E-state index contributed by atoms with van der Waals surface area (Å²) in [5, 5.41) is 0.713. The minimum atomic E-state index is -1.15. The van der Waals surface area contributed by atoms with Gasteiger partial charge in [-0.2, -0.15) is 0 Å². The van der Waals surface area contributed by atoms with Crippen molar-refractivity contribution in [3.63, 3.8) is 0 Å². The molecule has 11 heteroatoms. The van der Waals surface area contributed by atoms with Gasteiger partial charge in [0.1, 0.15) is 12.6 Å². The Bertz CT molecular complexity index is 623. The zero-order valence-corrected chi connectivity index (χ0v) is 14.6. The van der Waals surface area contributed by atoms with E-state index in [0.29, 0.717) is 24.4 Å². The normalized spacial score (nSPS) is 23.9. The van der Waals surface area contributed by atoms with E-state index in [1.54, 1.807) is 6.92 Å². The number of carbonyl (C=O) groups excluding carboxylic acids is 5. The highest BCUT2D eigenvalue weighted by atomic mass is 16.6. The Morgan fingerprint density at radius 3 is 2.54 bits per heavy atom. The summed E-state index contributed by atoms with van der Waals surface area (Å²) in [6.07, 6.45) is -1.14. The summed E-state index contributed by atoms with van der Waals surface area (Å²) < 4.78 is 9.74. The third-order valence-electron chi connectivity index (χ3n) is 4.04. The van der Waals surface area contributed by atoms with Gasteiger partial charge in [-0.1, -0.05) is 0 Å². The molecule has 0 aromatic carbocycles. The average Bonchev–Trinajstić information content (AvgIpc) is 3.20. The molecule has 2 saturated heterocycles. The van der Waals surface area contributed by atoms with Crippen LogP contribution >= 0.6 is 0 Å². The molecule has 3 atom stereocenters. The molecule has 0 aliphatic carbocycles. The number of hydrazine groups is 1. The maximum absolute atomic E-state index is 12.4. The average molecular weight is 370 g/mol. The smallest absolute Gasteiger partial charge is 0.338 e. The van der Waals surface area contributed by atoms with E-state index in [4.69, 9.17) is 15.2 Å². The van der Waals surface area contributed by atoms with Crippen molar-refractivity contribution in [1.82, 2.24) is 15.3 Å². The van der Waals surface area contributed by atoms with Crippen LogP contribution in [0.5, 0.6) is 0 Å². The fourth-order valence-electron chi connectivity index (χ4n) is 2.81. The first kappa shape index (κ1) is 19.6. The second-order valence-electron chi connectivity index (χ2n) is 5.97. The lowest BCUT2D eigenvalue weighted by Gasteiger charge is -2.27. The van der Waals surface area contributed by atoms with Crippen molar-refractivity contribution in [3.8, 4) is 0 Å². The first-order chi connectivity index (χ1) is 12.3. The van der Waals surface area contributed by atoms with Crippen molar-refractivity contribution in [3.05, 3.63) is 0 Å². The molecular formula is C15H22N4O7. The Balaban J connectivity index is 2.02. The molecule has 0 unspecified atom stereocenters. The largest absolute Gasteiger partial charge is 0.464 e. The summed E-state index contributed by atoms with van der Waals surface area (Å²) in [7, 11) is 0. The summed E-state index contributed by atoms with van der Waals surface area (Å²) in [4.78, 5) is 60.6. The molecule has 2 fully saturated rings. The van der Waals surface area contributed by atoms with Crippen molar-refractivity contribution in [2.45, 2.75) is 44.9 Å². The van der Waals surface area contributed by atoms with E-state index in [2.05, 4.69) is 5.43 Å². The molecule has 11 nitrogen and oxygen atoms in total. The van der Waals surface area contributed by atoms with Crippen molar-refractivity contribution in [1.29, 1.82) is 0 Å². The van der Waals surface area contributed by atoms with Crippen LogP contribution < -0.4 is 11.2 Å². The van der Waals surface area contributed by atoms with Crippen LogP contribution in [0.15, 0.2) is 0 Å². The molecule has 144 valence electrons. The number of nitrogens with zero attached hydrogens (tertiary/aromatic N) is 2. The van der Waals surface area contributed by atoms with E-state index in [-0.39, 0.29) is 12.5 Å². The number of amides is 4. The molecule has 2 aliphatic rings. The quantitative estimate of drug-likeness (QED) is 0.302. The van der Waals surface area contributed by atoms with Gasteiger partial charge in [0.2, 0.25) is 11.8 Å². The van der Waals surface area contributed by atoms with Crippen molar-refractivity contribution >= 4 is 29.6 Å². The van der Waals surface area contributed by atoms with Crippen molar-refractivity contribution in [2.24, 2.45) is 5.73 Å². The number of nitrogens with two attached hydrogens (primary N) is 1. The summed E-state index contributed by atoms with van der Waals surface area (Å²) in [6, 6.07) is -0.739. The molecule has 0 bridgehead atoms. The number of epoxide rings is 1. The van der Waals surface area contributed by atoms with Crippen LogP contribution in [0.3, 0.4) is 0 Å². The lowest BCUT2D eigenvalue weighted by molar-refractivity contribution is -0.148. The Hall–Kier alpha value is -2.69. The van der Waals surface area contributed by atoms with Crippen LogP contribution in [-0.2, 0) is 33.4 Å². The van der Waals surface area contributed by atoms with E-state index in [9.17, 15) is 24.0 Å². The molecule has 2 rings (SSSR count). The molecule has 2 aliphatic heterocycles. The Morgan fingerprint density at radius 1 is 1.27 bits per heavy atom. The molecular weight excluding hydrogens is 348 g/mol. The standard InChI is InChI=1S/C15H22N4O7/c1-3-25-15(24)12-11(26-12)14(23)19(7-10(16)21)17-13(22)9-5-4-6-18(9)8(2)20/h9,11-12H,3-7H2,1-2H3,(H2,16,21)(H,17,22)/t9-,11-,12-/m0/s1. The van der Waals surface area contributed by atoms with Gasteiger partial charge in [0.25, 0.3) is 11.8 Å². The molecule has 4 amide bonds. The number of hydrogen-bond acceptors (Lipinski definition) is 7. The second kappa shape index (κ2) is 8.13. The van der Waals surface area contributed by atoms with E-state index in [1.165, 1.54) is 11.8 Å². The zero-order chi connectivity index (χ0) is 19.4. The number of ether oxygens (including phenoxy) is 2. The molecule has 0 radical (unpaired) electrons. The van der Waals surface area contributed by atoms with E-state index in [0.717, 1.165) is 0 Å². The molecule has 2 heterocycles. The van der Waals surface area contributed by atoms with Crippen LogP contribution in [0, 0.1) is 0 Å². The number of rotatable bonds is 6. The fourth-order valence-corrected chi connectivity index (χ4v) is 2.81. The van der Waals surface area contributed by atoms with Crippen LogP contribution in [0.2, 0.25) is 0 Å². The number of hydrogen-bond donors (Lipinski definition) is 2. The van der Waals surface area contributed by atoms with E-state index in [1.807, 2.05) is 0 Å². The minimum absolute atomic E-state index is 0.129. The van der Waals surface area contributed by atoms with E-state index >= 15 is 0 Å². The summed E-state index contributed by atoms with van der Waals surface area (Å²) in [6.45, 7) is 2.93. The van der Waals surface area contributed by atoms with Gasteiger partial charge in [0.05, 0.1) is 6.61 Å². The third-order valence-corrected chi connectivity index (χ3v) is 4.04. The van der Waals surface area contributed by atoms with Gasteiger partial charge in [-0.05, 0) is 19.8 Å². The van der Waals surface area contributed by atoms with Crippen LogP contribution in [-0.4, -0.2) is 77.5 Å². The van der Waals surface area contributed by atoms with Gasteiger partial charge in [0, 0.05) is 13.5 Å². The topological polar surface area (TPSA) is 152 Å². The molecule has 3 N–H and O–H groups in total. The third kappa shape index (κ3) is 4.48. The molecule has 26 heavy (non-hydrogen) atoms. The first-order valence-electron chi connectivity index (χ1n) is 8.25. The lowest BCUT2D eigenvalue weighted by Crippen LogP contribution is -2.56. The maximum atomic E-state index is 12.4. The van der Waals surface area contributed by atoms with Crippen LogP contribution in [0.1, 0.15) is 26.7 Å². The lowest BCUT2D eigenvalue weighted by atomic mass is 10.2. The Kier molecular flexibility index (Phi) is 6.14. The van der Waals surface area contributed by atoms with Crippen molar-refractivity contribution in [2.75, 3.05) is 19.7 Å². The SMILES string of the molecule is CCOC(=O)[C@H]1O[C@@H]1C(=O)N(CC(N)=O)NC(=O)[C@@H]1CCCN1C(C)=O. The van der Waals surface area contributed by atoms with Crippen molar-refractivity contribution < 1.29 is 33.4 Å². The van der Waals surface area contributed by atoms with Gasteiger partial charge >= 0.3 is 5.97 Å². The fraction of sp³-hybridized carbons (Fsp3) is 0.667. The Morgan fingerprint density at radius 2 is 1.96 bits per heavy atom. The number of primary amides is 1. The monoisotopic (exact) mass is 370 g/mol. The molecule has 0 aromatic heterocycles. The molecule has 0 spiro atoms. The summed E-state index contributed by atoms with van der Waals surface area (Å²) in [5.74, 6) is -3.22. The zero-order valence-electron chi connectivity index (χ0n) is 14.6. The number of esters is 1. The predicted octanol–water partition coefficient (Wildman–Crippen LogP) is -2.33. The maximum Gasteiger partial charge on any atom is 0.338 e. The second-order valence-corrected chi connectivity index (χ2v) is 5.97. The predicted molar refractivity (Wildman–Crippen MR) is 84.8 cm³/mol. The van der Waals surface area contributed by atoms with Crippen LogP contribution in [0.4, 0.5) is 0 Å². The highest BCUT2D eigenvalue weighted by Gasteiger charge is 2.53. The number of likely N-dealkylation sites (tertiary alicyclic amines) is 1. The number of carbonyl (C=O) groups is 5. The minimum Gasteiger partial charge on any atom is -0.464 e. The molecule has 0 aromatic rings. The first-order valence-corrected chi connectivity index (χ1v) is 8.25. The van der Waals surface area contributed by atoms with Gasteiger partial charge in [-0.25, -0.2) is 9.80 Å². The summed E-state index contributed by atoms with van der Waals surface area (Å²) >= 11 is 0. The molecule has 0 saturated carbocycles. The van der Waals surface area contributed by atoms with Crippen LogP contribution in [0.25, 0.3) is 0 Å². The highest BCUT2D eigenvalue weighted by Crippen LogP contribution is 2.25. The van der Waals surface area contributed by atoms with Gasteiger partial charge < -0.3 is 20.1 Å². The summed E-state index contributed by atoms with van der Waals surface area (Å²) in [5.41, 5.74) is 7.42. The Labute approximate surface area is 149 Å².